The van der Waals surface area contributed by atoms with Crippen molar-refractivity contribution in [1.82, 2.24) is 20.1 Å². The minimum Gasteiger partial charge on any atom is -0.486 e. The smallest absolute Gasteiger partial charge is 0.230 e. The van der Waals surface area contributed by atoms with E-state index in [2.05, 4.69) is 40.0 Å². The van der Waals surface area contributed by atoms with Crippen molar-refractivity contribution >= 4 is 29.0 Å². The SMILES string of the molecule is CC(C)C(NC(=O)CSc1nnc(-c2cccs2)n1C1CC1)c1ccc2c(c1)OCCO2. The number of hydrogen-bond donors (Lipinski definition) is 1. The van der Waals surface area contributed by atoms with Crippen molar-refractivity contribution in [1.29, 1.82) is 0 Å². The largest absolute Gasteiger partial charge is 0.486 e. The van der Waals surface area contributed by atoms with Gasteiger partial charge in [-0.15, -0.1) is 21.5 Å². The van der Waals surface area contributed by atoms with Crippen LogP contribution in [0.3, 0.4) is 0 Å². The lowest BCUT2D eigenvalue weighted by atomic mass is 9.95. The number of rotatable bonds is 8. The van der Waals surface area contributed by atoms with Gasteiger partial charge in [0, 0.05) is 6.04 Å². The molecule has 5 rings (SSSR count). The summed E-state index contributed by atoms with van der Waals surface area (Å²) in [6.07, 6.45) is 2.27. The number of nitrogens with zero attached hydrogens (tertiary/aromatic N) is 3. The number of thiophene rings is 1. The molecule has 32 heavy (non-hydrogen) atoms. The molecule has 3 heterocycles. The van der Waals surface area contributed by atoms with Crippen molar-refractivity contribution < 1.29 is 14.3 Å². The first-order valence-electron chi connectivity index (χ1n) is 10.9. The molecule has 168 valence electrons. The van der Waals surface area contributed by atoms with E-state index in [1.165, 1.54) is 11.8 Å². The van der Waals surface area contributed by atoms with E-state index in [4.69, 9.17) is 9.47 Å². The van der Waals surface area contributed by atoms with Gasteiger partial charge in [-0.2, -0.15) is 0 Å². The van der Waals surface area contributed by atoms with Crippen molar-refractivity contribution in [3.05, 3.63) is 41.3 Å². The van der Waals surface area contributed by atoms with Crippen molar-refractivity contribution in [2.24, 2.45) is 5.92 Å². The topological polar surface area (TPSA) is 78.3 Å². The Bertz CT molecular complexity index is 1090. The van der Waals surface area contributed by atoms with Crippen LogP contribution in [0, 0.1) is 5.92 Å². The molecule has 1 unspecified atom stereocenters. The van der Waals surface area contributed by atoms with Gasteiger partial charge in [-0.1, -0.05) is 37.7 Å². The van der Waals surface area contributed by atoms with Crippen molar-refractivity contribution in [2.45, 2.75) is 43.9 Å². The third-order valence-corrected chi connectivity index (χ3v) is 7.37. The van der Waals surface area contributed by atoms with Gasteiger partial charge in [-0.3, -0.25) is 9.36 Å². The summed E-state index contributed by atoms with van der Waals surface area (Å²) in [7, 11) is 0. The maximum Gasteiger partial charge on any atom is 0.230 e. The number of aromatic nitrogens is 3. The predicted molar refractivity (Wildman–Crippen MR) is 125 cm³/mol. The minimum absolute atomic E-state index is 0.0217. The zero-order chi connectivity index (χ0) is 22.1. The summed E-state index contributed by atoms with van der Waals surface area (Å²) in [5.41, 5.74) is 1.02. The van der Waals surface area contributed by atoms with E-state index in [-0.39, 0.29) is 17.9 Å². The monoisotopic (exact) mass is 470 g/mol. The average Bonchev–Trinajstić information content (AvgIpc) is 3.31. The van der Waals surface area contributed by atoms with Crippen LogP contribution in [0.1, 0.15) is 44.3 Å². The molecule has 0 spiro atoms. The molecular weight excluding hydrogens is 444 g/mol. The van der Waals surface area contributed by atoms with Crippen molar-refractivity contribution in [3.8, 4) is 22.2 Å². The first-order chi connectivity index (χ1) is 15.6. The third kappa shape index (κ3) is 4.49. The Labute approximate surface area is 195 Å². The number of ether oxygens (including phenoxy) is 2. The normalized spacial score (nSPS) is 16.2. The highest BCUT2D eigenvalue weighted by atomic mass is 32.2. The van der Waals surface area contributed by atoms with Crippen LogP contribution in [0.25, 0.3) is 10.7 Å². The molecule has 1 N–H and O–H groups in total. The van der Waals surface area contributed by atoms with E-state index in [1.54, 1.807) is 11.3 Å². The molecule has 1 fully saturated rings. The molecule has 1 saturated carbocycles. The van der Waals surface area contributed by atoms with Crippen LogP contribution in [-0.2, 0) is 4.79 Å². The Kier molecular flexibility index (Phi) is 6.10. The van der Waals surface area contributed by atoms with Gasteiger partial charge in [0.25, 0.3) is 0 Å². The van der Waals surface area contributed by atoms with E-state index < -0.39 is 0 Å². The molecular formula is C23H26N4O3S2. The second-order valence-corrected chi connectivity index (χ2v) is 10.3. The minimum atomic E-state index is -0.109. The number of amides is 1. The number of carbonyl (C=O) groups excluding carboxylic acids is 1. The van der Waals surface area contributed by atoms with E-state index in [0.717, 1.165) is 45.8 Å². The van der Waals surface area contributed by atoms with Crippen LogP contribution in [0.2, 0.25) is 0 Å². The first kappa shape index (κ1) is 21.3. The van der Waals surface area contributed by atoms with Crippen molar-refractivity contribution in [3.63, 3.8) is 0 Å². The Morgan fingerprint density at radius 3 is 2.75 bits per heavy atom. The zero-order valence-corrected chi connectivity index (χ0v) is 19.7. The molecule has 0 radical (unpaired) electrons. The lowest BCUT2D eigenvalue weighted by Crippen LogP contribution is -2.33. The number of fused-ring (bicyclic) bond motifs is 1. The molecule has 2 aromatic heterocycles. The predicted octanol–water partition coefficient (Wildman–Crippen LogP) is 4.72. The van der Waals surface area contributed by atoms with Crippen LogP contribution in [-0.4, -0.2) is 39.6 Å². The Hall–Kier alpha value is -2.52. The first-order valence-corrected chi connectivity index (χ1v) is 12.8. The highest BCUT2D eigenvalue weighted by molar-refractivity contribution is 7.99. The molecule has 0 bridgehead atoms. The fourth-order valence-corrected chi connectivity index (χ4v) is 5.37. The van der Waals surface area contributed by atoms with Gasteiger partial charge in [0.2, 0.25) is 5.91 Å². The maximum absolute atomic E-state index is 12.9. The van der Waals surface area contributed by atoms with Crippen LogP contribution in [0.5, 0.6) is 11.5 Å². The van der Waals surface area contributed by atoms with Crippen LogP contribution in [0.15, 0.2) is 40.9 Å². The summed E-state index contributed by atoms with van der Waals surface area (Å²) >= 11 is 3.11. The summed E-state index contributed by atoms with van der Waals surface area (Å²) in [6.45, 7) is 5.31. The highest BCUT2D eigenvalue weighted by Crippen LogP contribution is 2.42. The lowest BCUT2D eigenvalue weighted by Gasteiger charge is -2.25. The Morgan fingerprint density at radius 1 is 1.22 bits per heavy atom. The van der Waals surface area contributed by atoms with Gasteiger partial charge in [-0.25, -0.2) is 0 Å². The lowest BCUT2D eigenvalue weighted by molar-refractivity contribution is -0.119. The molecule has 7 nitrogen and oxygen atoms in total. The second-order valence-electron chi connectivity index (χ2n) is 8.37. The Morgan fingerprint density at radius 2 is 2.03 bits per heavy atom. The van der Waals surface area contributed by atoms with Gasteiger partial charge in [-0.05, 0) is 47.9 Å². The summed E-state index contributed by atoms with van der Waals surface area (Å²) in [6, 6.07) is 10.3. The van der Waals surface area contributed by atoms with Gasteiger partial charge >= 0.3 is 0 Å². The standard InChI is InChI=1S/C23H26N4O3S2/c1-14(2)21(15-5-8-17-18(12-15)30-10-9-29-17)24-20(28)13-32-23-26-25-22(19-4-3-11-31-19)27(23)16-6-7-16/h3-5,8,11-12,14,16,21H,6-7,9-10,13H2,1-2H3,(H,24,28). The van der Waals surface area contributed by atoms with Gasteiger partial charge in [0.1, 0.15) is 13.2 Å². The molecule has 1 atom stereocenters. The van der Waals surface area contributed by atoms with Gasteiger partial charge < -0.3 is 14.8 Å². The number of thioether (sulfide) groups is 1. The zero-order valence-electron chi connectivity index (χ0n) is 18.1. The molecule has 1 aromatic carbocycles. The van der Waals surface area contributed by atoms with Crippen LogP contribution in [0.4, 0.5) is 0 Å². The molecule has 3 aromatic rings. The maximum atomic E-state index is 12.9. The van der Waals surface area contributed by atoms with Gasteiger partial charge in [0.05, 0.1) is 16.7 Å². The fraction of sp³-hybridized carbons (Fsp3) is 0.435. The quantitative estimate of drug-likeness (QED) is 0.480. The summed E-state index contributed by atoms with van der Waals surface area (Å²) in [5.74, 6) is 2.90. The molecule has 1 amide bonds. The molecule has 1 aliphatic heterocycles. The highest BCUT2D eigenvalue weighted by Gasteiger charge is 2.31. The number of nitrogens with one attached hydrogen (secondary N) is 1. The van der Waals surface area contributed by atoms with E-state index >= 15 is 0 Å². The Balaban J connectivity index is 1.27. The number of carbonyl (C=O) groups is 1. The van der Waals surface area contributed by atoms with Gasteiger partial charge in [0.15, 0.2) is 22.5 Å². The van der Waals surface area contributed by atoms with E-state index in [9.17, 15) is 4.79 Å². The molecule has 0 saturated heterocycles. The summed E-state index contributed by atoms with van der Waals surface area (Å²) in [4.78, 5) is 14.0. The van der Waals surface area contributed by atoms with E-state index in [1.807, 2.05) is 29.6 Å². The number of benzene rings is 1. The molecule has 2 aliphatic rings. The molecule has 1 aliphatic carbocycles. The van der Waals surface area contributed by atoms with E-state index in [0.29, 0.717) is 25.0 Å². The second kappa shape index (κ2) is 9.15. The third-order valence-electron chi connectivity index (χ3n) is 5.56. The molecule has 9 heteroatoms. The fourth-order valence-electron chi connectivity index (χ4n) is 3.84. The van der Waals surface area contributed by atoms with Crippen LogP contribution < -0.4 is 14.8 Å². The average molecular weight is 471 g/mol. The van der Waals surface area contributed by atoms with Crippen LogP contribution >= 0.6 is 23.1 Å². The number of hydrogen-bond acceptors (Lipinski definition) is 7. The summed E-state index contributed by atoms with van der Waals surface area (Å²) in [5, 5.41) is 14.9. The summed E-state index contributed by atoms with van der Waals surface area (Å²) < 4.78 is 13.5. The van der Waals surface area contributed by atoms with Crippen molar-refractivity contribution in [2.75, 3.05) is 19.0 Å².